The summed E-state index contributed by atoms with van der Waals surface area (Å²) in [5, 5.41) is 9.52. The quantitative estimate of drug-likeness (QED) is 0.803. The normalized spacial score (nSPS) is 22.6. The van der Waals surface area contributed by atoms with Gasteiger partial charge < -0.3 is 5.11 Å². The Morgan fingerprint density at radius 3 is 1.95 bits per heavy atom. The molecule has 1 heterocycles. The van der Waals surface area contributed by atoms with E-state index in [0.717, 1.165) is 30.6 Å². The number of rotatable bonds is 4. The predicted octanol–water partition coefficient (Wildman–Crippen LogP) is 2.34. The van der Waals surface area contributed by atoms with E-state index < -0.39 is 11.5 Å². The molecule has 0 radical (unpaired) electrons. The van der Waals surface area contributed by atoms with Crippen molar-refractivity contribution in [2.24, 2.45) is 5.41 Å². The fourth-order valence-corrected chi connectivity index (χ4v) is 3.92. The van der Waals surface area contributed by atoms with Gasteiger partial charge in [-0.15, -0.1) is 0 Å². The second-order valence-corrected chi connectivity index (χ2v) is 6.23. The average molecular weight is 281 g/mol. The molecule has 2 fully saturated rings. The van der Waals surface area contributed by atoms with Crippen LogP contribution in [0.5, 0.6) is 0 Å². The number of hydrogen-bond donors (Lipinski definition) is 1. The van der Waals surface area contributed by atoms with Crippen molar-refractivity contribution in [2.75, 3.05) is 0 Å². The lowest BCUT2D eigenvalue weighted by atomic mass is 9.74. The Morgan fingerprint density at radius 1 is 1.15 bits per heavy atom. The van der Waals surface area contributed by atoms with E-state index in [1.807, 2.05) is 0 Å². The van der Waals surface area contributed by atoms with Crippen LogP contribution in [0, 0.1) is 5.41 Å². The summed E-state index contributed by atoms with van der Waals surface area (Å²) in [4.78, 5) is 37.6. The lowest BCUT2D eigenvalue weighted by Gasteiger charge is -2.45. The van der Waals surface area contributed by atoms with E-state index in [9.17, 15) is 19.5 Å². The van der Waals surface area contributed by atoms with Crippen LogP contribution < -0.4 is 0 Å². The summed E-state index contributed by atoms with van der Waals surface area (Å²) in [5.74, 6) is -1.67. The molecular formula is C15H23NO4. The molecule has 1 spiro atoms. The summed E-state index contributed by atoms with van der Waals surface area (Å²) >= 11 is 0. The van der Waals surface area contributed by atoms with Gasteiger partial charge in [0.1, 0.15) is 5.54 Å². The average Bonchev–Trinajstić information content (AvgIpc) is 2.81. The highest BCUT2D eigenvalue weighted by Gasteiger charge is 2.53. The summed E-state index contributed by atoms with van der Waals surface area (Å²) in [5.41, 5.74) is -1.55. The molecule has 0 atom stereocenters. The number of aliphatic carboxylic acids is 1. The van der Waals surface area contributed by atoms with Crippen molar-refractivity contribution in [3.63, 3.8) is 0 Å². The van der Waals surface area contributed by atoms with Gasteiger partial charge in [-0.1, -0.05) is 26.7 Å². The van der Waals surface area contributed by atoms with Gasteiger partial charge in [0.2, 0.25) is 11.8 Å². The summed E-state index contributed by atoms with van der Waals surface area (Å²) in [6.45, 7) is 3.44. The zero-order chi connectivity index (χ0) is 15.0. The van der Waals surface area contributed by atoms with Crippen molar-refractivity contribution in [2.45, 2.75) is 70.8 Å². The molecule has 0 aromatic heterocycles. The number of amides is 2. The Bertz CT molecular complexity index is 413. The molecular weight excluding hydrogens is 258 g/mol. The molecule has 20 heavy (non-hydrogen) atoms. The second kappa shape index (κ2) is 5.19. The Kier molecular flexibility index (Phi) is 3.89. The van der Waals surface area contributed by atoms with E-state index in [4.69, 9.17) is 0 Å². The fraction of sp³-hybridized carbons (Fsp3) is 0.800. The lowest BCUT2D eigenvalue weighted by Crippen LogP contribution is -2.62. The molecule has 2 rings (SSSR count). The largest absolute Gasteiger partial charge is 0.479 e. The summed E-state index contributed by atoms with van der Waals surface area (Å²) in [6, 6.07) is 0. The number of piperidine rings is 1. The third-order valence-corrected chi connectivity index (χ3v) is 5.21. The van der Waals surface area contributed by atoms with Gasteiger partial charge in [0.05, 0.1) is 0 Å². The van der Waals surface area contributed by atoms with Crippen molar-refractivity contribution < 1.29 is 19.5 Å². The monoisotopic (exact) mass is 281 g/mol. The molecule has 1 N–H and O–H groups in total. The van der Waals surface area contributed by atoms with Crippen LogP contribution in [0.15, 0.2) is 0 Å². The molecule has 5 nitrogen and oxygen atoms in total. The third-order valence-electron chi connectivity index (χ3n) is 5.21. The Balaban J connectivity index is 2.31. The minimum atomic E-state index is -1.37. The van der Waals surface area contributed by atoms with Crippen molar-refractivity contribution >= 4 is 17.8 Å². The van der Waals surface area contributed by atoms with Crippen molar-refractivity contribution in [3.05, 3.63) is 0 Å². The Hall–Kier alpha value is -1.39. The topological polar surface area (TPSA) is 74.7 Å². The molecule has 2 amide bonds. The van der Waals surface area contributed by atoms with Crippen LogP contribution in [0.3, 0.4) is 0 Å². The van der Waals surface area contributed by atoms with Crippen LogP contribution >= 0.6 is 0 Å². The molecule has 0 aromatic rings. The van der Waals surface area contributed by atoms with E-state index >= 15 is 0 Å². The highest BCUT2D eigenvalue weighted by Crippen LogP contribution is 2.48. The van der Waals surface area contributed by atoms with Crippen LogP contribution in [0.25, 0.3) is 0 Å². The summed E-state index contributed by atoms with van der Waals surface area (Å²) < 4.78 is 0. The van der Waals surface area contributed by atoms with Crippen LogP contribution in [0.2, 0.25) is 0 Å². The van der Waals surface area contributed by atoms with Gasteiger partial charge >= 0.3 is 5.97 Å². The smallest absolute Gasteiger partial charge is 0.330 e. The van der Waals surface area contributed by atoms with Crippen LogP contribution in [0.4, 0.5) is 0 Å². The van der Waals surface area contributed by atoms with Crippen molar-refractivity contribution in [1.82, 2.24) is 4.90 Å². The SMILES string of the molecule is CCC(CC)(C(=O)O)N1C(=O)CC2(CCCC2)CC1=O. The van der Waals surface area contributed by atoms with Crippen LogP contribution in [-0.4, -0.2) is 33.3 Å². The number of carboxylic acids is 1. The molecule has 1 saturated carbocycles. The Morgan fingerprint density at radius 2 is 1.60 bits per heavy atom. The molecule has 112 valence electrons. The van der Waals surface area contributed by atoms with E-state index in [1.165, 1.54) is 0 Å². The highest BCUT2D eigenvalue weighted by atomic mass is 16.4. The van der Waals surface area contributed by atoms with Gasteiger partial charge in [0.15, 0.2) is 0 Å². The number of carbonyl (C=O) groups excluding carboxylic acids is 2. The molecule has 1 aliphatic heterocycles. The Labute approximate surface area is 119 Å². The molecule has 2 aliphatic rings. The third kappa shape index (κ3) is 2.13. The molecule has 0 aromatic carbocycles. The first-order valence-electron chi connectivity index (χ1n) is 7.50. The van der Waals surface area contributed by atoms with E-state index in [-0.39, 0.29) is 30.1 Å². The first kappa shape index (κ1) is 15.0. The van der Waals surface area contributed by atoms with Gasteiger partial charge in [-0.2, -0.15) is 0 Å². The van der Waals surface area contributed by atoms with E-state index in [0.29, 0.717) is 12.8 Å². The van der Waals surface area contributed by atoms with Crippen LogP contribution in [0.1, 0.15) is 65.2 Å². The summed E-state index contributed by atoms with van der Waals surface area (Å²) in [6.07, 6.45) is 5.11. The second-order valence-electron chi connectivity index (χ2n) is 6.23. The molecule has 0 bridgehead atoms. The number of imide groups is 1. The number of hydrogen-bond acceptors (Lipinski definition) is 3. The first-order valence-corrected chi connectivity index (χ1v) is 7.50. The zero-order valence-corrected chi connectivity index (χ0v) is 12.3. The van der Waals surface area contributed by atoms with Crippen molar-refractivity contribution in [1.29, 1.82) is 0 Å². The maximum atomic E-state index is 12.5. The highest BCUT2D eigenvalue weighted by molar-refractivity contribution is 6.03. The minimum absolute atomic E-state index is 0.184. The molecule has 5 heteroatoms. The van der Waals surface area contributed by atoms with Crippen LogP contribution in [-0.2, 0) is 14.4 Å². The number of carboxylic acid groups (broad SMARTS) is 1. The minimum Gasteiger partial charge on any atom is -0.479 e. The molecule has 1 saturated heterocycles. The number of nitrogens with zero attached hydrogens (tertiary/aromatic N) is 1. The van der Waals surface area contributed by atoms with Gasteiger partial charge in [-0.25, -0.2) is 4.79 Å². The number of carbonyl (C=O) groups is 3. The van der Waals surface area contributed by atoms with Crippen molar-refractivity contribution in [3.8, 4) is 0 Å². The zero-order valence-electron chi connectivity index (χ0n) is 12.3. The fourth-order valence-electron chi connectivity index (χ4n) is 3.92. The first-order chi connectivity index (χ1) is 9.41. The molecule has 1 aliphatic carbocycles. The standard InChI is InChI=1S/C15H23NO4/c1-3-15(4-2,13(19)20)16-11(17)9-14(10-12(16)18)7-5-6-8-14/h3-10H2,1-2H3,(H,19,20). The van der Waals surface area contributed by atoms with Gasteiger partial charge in [0.25, 0.3) is 0 Å². The van der Waals surface area contributed by atoms with E-state index in [2.05, 4.69) is 0 Å². The maximum Gasteiger partial charge on any atom is 0.330 e. The lowest BCUT2D eigenvalue weighted by molar-refractivity contribution is -0.173. The maximum absolute atomic E-state index is 12.5. The van der Waals surface area contributed by atoms with E-state index in [1.54, 1.807) is 13.8 Å². The summed E-state index contributed by atoms with van der Waals surface area (Å²) in [7, 11) is 0. The van der Waals surface area contributed by atoms with Gasteiger partial charge in [0, 0.05) is 12.8 Å². The predicted molar refractivity (Wildman–Crippen MR) is 72.9 cm³/mol. The van der Waals surface area contributed by atoms with Gasteiger partial charge in [-0.3, -0.25) is 14.5 Å². The molecule has 0 unspecified atom stereocenters. The number of likely N-dealkylation sites (tertiary alicyclic amines) is 1. The van der Waals surface area contributed by atoms with Gasteiger partial charge in [-0.05, 0) is 31.1 Å².